The molecule has 0 spiro atoms. The number of allylic oxidation sites excluding steroid dienone is 2. The highest BCUT2D eigenvalue weighted by Crippen LogP contribution is 2.49. The number of ketones is 1. The third kappa shape index (κ3) is 5.38. The number of hydrogen-bond donors (Lipinski definition) is 2. The van der Waals surface area contributed by atoms with Crippen LogP contribution in [-0.2, 0) is 23.9 Å². The van der Waals surface area contributed by atoms with Crippen LogP contribution in [0.25, 0.3) is 0 Å². The molecule has 194 valence electrons. The first-order valence-electron chi connectivity index (χ1n) is 12.1. The Labute approximate surface area is 216 Å². The Balaban J connectivity index is 1.68. The van der Waals surface area contributed by atoms with Gasteiger partial charge in [0.25, 0.3) is 5.91 Å². The second-order valence-electron chi connectivity index (χ2n) is 10.3. The molecule has 2 aromatic carbocycles. The number of nitrogens with one attached hydrogen (secondary N) is 1. The van der Waals surface area contributed by atoms with Gasteiger partial charge in [0.15, 0.2) is 12.4 Å². The van der Waals surface area contributed by atoms with Crippen molar-refractivity contribution < 1.29 is 28.6 Å². The zero-order valence-corrected chi connectivity index (χ0v) is 21.8. The summed E-state index contributed by atoms with van der Waals surface area (Å²) in [6, 6.07) is 12.7. The summed E-state index contributed by atoms with van der Waals surface area (Å²) >= 11 is 0. The maximum Gasteiger partial charge on any atom is 0.340 e. The molecule has 1 aliphatic heterocycles. The molecule has 0 radical (unpaired) electrons. The van der Waals surface area contributed by atoms with Crippen molar-refractivity contribution in [2.24, 2.45) is 11.1 Å². The summed E-state index contributed by atoms with van der Waals surface area (Å²) in [4.78, 5) is 38.9. The highest BCUT2D eigenvalue weighted by atomic mass is 16.5. The van der Waals surface area contributed by atoms with Crippen molar-refractivity contribution in [3.8, 4) is 5.75 Å². The molecule has 4 rings (SSSR count). The predicted molar refractivity (Wildman–Crippen MR) is 139 cm³/mol. The highest BCUT2D eigenvalue weighted by molar-refractivity contribution is 6.03. The minimum atomic E-state index is -0.849. The lowest BCUT2D eigenvalue weighted by molar-refractivity contribution is -0.136. The molecule has 37 heavy (non-hydrogen) atoms. The molecular formula is C29H32N2O6. The predicted octanol–water partition coefficient (Wildman–Crippen LogP) is 4.42. The summed E-state index contributed by atoms with van der Waals surface area (Å²) in [6.45, 7) is 7.59. The Morgan fingerprint density at radius 1 is 1.14 bits per heavy atom. The van der Waals surface area contributed by atoms with Gasteiger partial charge < -0.3 is 25.3 Å². The number of Topliss-reactive ketones (excluding diaryl/α,β-unsaturated/α-hetero) is 1. The number of anilines is 1. The number of esters is 1. The molecule has 0 saturated carbocycles. The summed E-state index contributed by atoms with van der Waals surface area (Å²) in [7, 11) is 1.25. The molecular weight excluding hydrogens is 472 g/mol. The van der Waals surface area contributed by atoms with Crippen LogP contribution in [0.3, 0.4) is 0 Å². The molecule has 0 aromatic heterocycles. The summed E-state index contributed by atoms with van der Waals surface area (Å²) in [5.41, 5.74) is 9.56. The zero-order valence-electron chi connectivity index (χ0n) is 21.8. The van der Waals surface area contributed by atoms with Gasteiger partial charge in [0.05, 0.1) is 13.0 Å². The number of benzene rings is 2. The first-order chi connectivity index (χ1) is 17.5. The number of nitrogens with two attached hydrogens (primary N) is 1. The molecule has 1 atom stereocenters. The number of para-hydroxylation sites is 1. The largest absolute Gasteiger partial charge is 0.483 e. The molecule has 8 heteroatoms. The summed E-state index contributed by atoms with van der Waals surface area (Å²) in [6.07, 6.45) is 0.780. The third-order valence-electron chi connectivity index (χ3n) is 6.61. The van der Waals surface area contributed by atoms with E-state index < -0.39 is 11.9 Å². The van der Waals surface area contributed by atoms with E-state index in [-0.39, 0.29) is 35.2 Å². The zero-order chi connectivity index (χ0) is 26.9. The second kappa shape index (κ2) is 10.1. The van der Waals surface area contributed by atoms with E-state index in [0.29, 0.717) is 41.2 Å². The first-order valence-corrected chi connectivity index (χ1v) is 12.1. The molecule has 0 fully saturated rings. The van der Waals surface area contributed by atoms with Crippen LogP contribution in [0.4, 0.5) is 5.69 Å². The molecule has 2 aromatic rings. The summed E-state index contributed by atoms with van der Waals surface area (Å²) < 4.78 is 16.8. The number of amides is 1. The highest BCUT2D eigenvalue weighted by Gasteiger charge is 2.45. The molecule has 1 unspecified atom stereocenters. The van der Waals surface area contributed by atoms with Crippen molar-refractivity contribution in [3.05, 3.63) is 81.9 Å². The van der Waals surface area contributed by atoms with Crippen LogP contribution >= 0.6 is 0 Å². The third-order valence-corrected chi connectivity index (χ3v) is 6.61. The standard InChI is InChI=1S/C29H32N2O6/c1-16-10-11-19(17(2)12-16)31-23(33)15-36-21-9-7-6-8-18(21)24-25-20(32)13-29(3,4)14-22(25)37-27(30)26(24)28(34)35-5/h6-12,24H,13-15,30H2,1-5H3,(H,31,33). The quantitative estimate of drug-likeness (QED) is 0.559. The van der Waals surface area contributed by atoms with E-state index >= 15 is 0 Å². The number of carbonyl (C=O) groups excluding carboxylic acids is 3. The summed E-state index contributed by atoms with van der Waals surface area (Å²) in [5.74, 6) is -1.33. The van der Waals surface area contributed by atoms with Crippen LogP contribution in [-0.4, -0.2) is 31.4 Å². The van der Waals surface area contributed by atoms with Crippen LogP contribution in [0.15, 0.2) is 65.3 Å². The van der Waals surface area contributed by atoms with Gasteiger partial charge in [-0.05, 0) is 37.0 Å². The van der Waals surface area contributed by atoms with Gasteiger partial charge in [-0.15, -0.1) is 0 Å². The van der Waals surface area contributed by atoms with Crippen molar-refractivity contribution in [1.82, 2.24) is 0 Å². The van der Waals surface area contributed by atoms with Crippen molar-refractivity contribution in [2.45, 2.75) is 46.5 Å². The van der Waals surface area contributed by atoms with Gasteiger partial charge >= 0.3 is 5.97 Å². The minimum absolute atomic E-state index is 0.0325. The van der Waals surface area contributed by atoms with Crippen LogP contribution in [0.5, 0.6) is 5.75 Å². The van der Waals surface area contributed by atoms with Crippen LogP contribution in [0.1, 0.15) is 49.3 Å². The number of carbonyl (C=O) groups is 3. The number of ether oxygens (including phenoxy) is 3. The SMILES string of the molecule is COC(=O)C1=C(N)OC2=C(C(=O)CC(C)(C)C2)C1c1ccccc1OCC(=O)Nc1ccc(C)cc1C. The fourth-order valence-electron chi connectivity index (χ4n) is 4.94. The van der Waals surface area contributed by atoms with E-state index in [1.54, 1.807) is 24.3 Å². The molecule has 0 saturated heterocycles. The molecule has 1 aliphatic carbocycles. The number of methoxy groups -OCH3 is 1. The summed E-state index contributed by atoms with van der Waals surface area (Å²) in [5, 5.41) is 2.86. The fraction of sp³-hybridized carbons (Fsp3) is 0.345. The minimum Gasteiger partial charge on any atom is -0.483 e. The fourth-order valence-corrected chi connectivity index (χ4v) is 4.94. The lowest BCUT2D eigenvalue weighted by Crippen LogP contribution is -2.35. The van der Waals surface area contributed by atoms with Gasteiger partial charge in [0.2, 0.25) is 5.88 Å². The maximum atomic E-state index is 13.4. The Morgan fingerprint density at radius 2 is 1.86 bits per heavy atom. The number of hydrogen-bond acceptors (Lipinski definition) is 7. The average molecular weight is 505 g/mol. The Morgan fingerprint density at radius 3 is 2.57 bits per heavy atom. The Kier molecular flexibility index (Phi) is 7.12. The van der Waals surface area contributed by atoms with Crippen molar-refractivity contribution in [1.29, 1.82) is 0 Å². The van der Waals surface area contributed by atoms with Crippen molar-refractivity contribution >= 4 is 23.3 Å². The van der Waals surface area contributed by atoms with Gasteiger partial charge in [-0.25, -0.2) is 4.79 Å². The lowest BCUT2D eigenvalue weighted by atomic mass is 9.70. The Hall–Kier alpha value is -4.07. The lowest BCUT2D eigenvalue weighted by Gasteiger charge is -2.38. The topological polar surface area (TPSA) is 117 Å². The average Bonchev–Trinajstić information content (AvgIpc) is 2.82. The van der Waals surface area contributed by atoms with Gasteiger partial charge in [0.1, 0.15) is 17.1 Å². The second-order valence-corrected chi connectivity index (χ2v) is 10.3. The molecule has 3 N–H and O–H groups in total. The van der Waals surface area contributed by atoms with Crippen LogP contribution in [0, 0.1) is 19.3 Å². The van der Waals surface area contributed by atoms with Gasteiger partial charge in [0, 0.05) is 29.7 Å². The normalized spacial score (nSPS) is 18.6. The smallest absolute Gasteiger partial charge is 0.340 e. The van der Waals surface area contributed by atoms with E-state index in [0.717, 1.165) is 11.1 Å². The molecule has 0 bridgehead atoms. The number of aryl methyl sites for hydroxylation is 2. The van der Waals surface area contributed by atoms with E-state index in [4.69, 9.17) is 19.9 Å². The van der Waals surface area contributed by atoms with Gasteiger partial charge in [-0.1, -0.05) is 49.7 Å². The van der Waals surface area contributed by atoms with Crippen molar-refractivity contribution in [2.75, 3.05) is 19.0 Å². The van der Waals surface area contributed by atoms with Crippen molar-refractivity contribution in [3.63, 3.8) is 0 Å². The molecule has 8 nitrogen and oxygen atoms in total. The molecule has 2 aliphatic rings. The monoisotopic (exact) mass is 504 g/mol. The van der Waals surface area contributed by atoms with E-state index in [1.165, 1.54) is 7.11 Å². The molecule has 1 heterocycles. The maximum absolute atomic E-state index is 13.4. The van der Waals surface area contributed by atoms with E-state index in [2.05, 4.69) is 5.32 Å². The van der Waals surface area contributed by atoms with Crippen LogP contribution in [0.2, 0.25) is 0 Å². The van der Waals surface area contributed by atoms with E-state index in [1.807, 2.05) is 45.9 Å². The number of rotatable bonds is 6. The Bertz CT molecular complexity index is 1340. The molecule has 1 amide bonds. The first kappa shape index (κ1) is 26.0. The van der Waals surface area contributed by atoms with Gasteiger partial charge in [-0.2, -0.15) is 0 Å². The van der Waals surface area contributed by atoms with Crippen LogP contribution < -0.4 is 15.8 Å². The van der Waals surface area contributed by atoms with E-state index in [9.17, 15) is 14.4 Å². The van der Waals surface area contributed by atoms with Gasteiger partial charge in [-0.3, -0.25) is 9.59 Å².